The molecule has 220 valence electrons. The molecule has 3 aliphatic heterocycles. The highest BCUT2D eigenvalue weighted by molar-refractivity contribution is 7.13. The summed E-state index contributed by atoms with van der Waals surface area (Å²) in [4.78, 5) is 53.5. The number of halogens is 1. The number of ether oxygens (including phenoxy) is 1. The van der Waals surface area contributed by atoms with Gasteiger partial charge in [0.1, 0.15) is 22.3 Å². The van der Waals surface area contributed by atoms with Gasteiger partial charge in [0.25, 0.3) is 11.5 Å². The SMILES string of the molecule is COc1cc(-c2cn(C)c(=O)c3sncc23)cc(F)c1[C@H]1CCN(c2ccc3c(c2)C(=O)N([C@@H]2CCC(=O)NC2=O)C3)C1. The van der Waals surface area contributed by atoms with Crippen LogP contribution in [0, 0.1) is 5.82 Å². The van der Waals surface area contributed by atoms with Crippen molar-refractivity contribution in [2.24, 2.45) is 7.05 Å². The van der Waals surface area contributed by atoms with Gasteiger partial charge in [0.05, 0.1) is 7.11 Å². The summed E-state index contributed by atoms with van der Waals surface area (Å²) in [5.74, 6) is -1.06. The number of pyridine rings is 1. The second-order valence-corrected chi connectivity index (χ2v) is 12.1. The van der Waals surface area contributed by atoms with Crippen molar-refractivity contribution in [3.05, 3.63) is 75.6 Å². The van der Waals surface area contributed by atoms with E-state index in [-0.39, 0.29) is 35.5 Å². The lowest BCUT2D eigenvalue weighted by Gasteiger charge is -2.29. The molecule has 2 aromatic heterocycles. The maximum absolute atomic E-state index is 15.9. The highest BCUT2D eigenvalue weighted by atomic mass is 32.1. The number of aromatic nitrogens is 2. The van der Waals surface area contributed by atoms with Crippen LogP contribution in [-0.4, -0.2) is 57.8 Å². The Balaban J connectivity index is 1.14. The first-order valence-corrected chi connectivity index (χ1v) is 14.8. The van der Waals surface area contributed by atoms with E-state index in [1.54, 1.807) is 19.4 Å². The lowest BCUT2D eigenvalue weighted by atomic mass is 9.93. The minimum atomic E-state index is -0.663. The molecule has 2 saturated heterocycles. The van der Waals surface area contributed by atoms with Crippen LogP contribution in [0.15, 0.2) is 47.5 Å². The number of carbonyl (C=O) groups excluding carboxylic acids is 3. The van der Waals surface area contributed by atoms with Gasteiger partial charge >= 0.3 is 0 Å². The molecule has 2 fully saturated rings. The first-order valence-electron chi connectivity index (χ1n) is 14.1. The van der Waals surface area contributed by atoms with Gasteiger partial charge in [-0.3, -0.25) is 24.5 Å². The van der Waals surface area contributed by atoms with Crippen LogP contribution in [0.5, 0.6) is 5.75 Å². The van der Waals surface area contributed by atoms with E-state index >= 15 is 4.39 Å². The van der Waals surface area contributed by atoms with E-state index in [1.807, 2.05) is 24.3 Å². The molecular weight excluding hydrogens is 573 g/mol. The first kappa shape index (κ1) is 27.3. The number of nitrogens with one attached hydrogen (secondary N) is 1. The number of imide groups is 1. The molecule has 2 atom stereocenters. The van der Waals surface area contributed by atoms with Gasteiger partial charge in [-0.1, -0.05) is 6.07 Å². The van der Waals surface area contributed by atoms with Gasteiger partial charge in [-0.2, -0.15) is 4.37 Å². The van der Waals surface area contributed by atoms with Crippen molar-refractivity contribution >= 4 is 45.0 Å². The molecule has 0 saturated carbocycles. The summed E-state index contributed by atoms with van der Waals surface area (Å²) in [5, 5.41) is 3.01. The topological polar surface area (TPSA) is 114 Å². The largest absolute Gasteiger partial charge is 0.496 e. The van der Waals surface area contributed by atoms with Crippen molar-refractivity contribution < 1.29 is 23.5 Å². The van der Waals surface area contributed by atoms with Crippen LogP contribution in [0.2, 0.25) is 0 Å². The number of hydrogen-bond donors (Lipinski definition) is 1. The molecule has 0 unspecified atom stereocenters. The fourth-order valence-electron chi connectivity index (χ4n) is 6.58. The average Bonchev–Trinajstić information content (AvgIpc) is 3.74. The monoisotopic (exact) mass is 601 g/mol. The molecular formula is C31H28FN5O5S. The van der Waals surface area contributed by atoms with E-state index in [0.29, 0.717) is 70.6 Å². The fraction of sp³-hybridized carbons (Fsp3) is 0.323. The van der Waals surface area contributed by atoms with Crippen molar-refractivity contribution in [3.8, 4) is 16.9 Å². The molecule has 12 heteroatoms. The standard InChI is InChI=1S/C31H28FN5O5S/c1-35-15-22(21-12-33-43-28(21)31(35)41)18-9-23(32)27(25(10-18)42-2)17-7-8-36(13-17)19-4-3-16-14-37(30(40)20(16)11-19)24-5-6-26(38)34-29(24)39/h3-4,9-12,15,17,24H,5-8,13-14H2,1-2H3,(H,34,38,39)/t17-,24+/m0/s1. The number of nitrogens with zero attached hydrogens (tertiary/aromatic N) is 4. The number of benzene rings is 2. The number of fused-ring (bicyclic) bond motifs is 2. The number of carbonyl (C=O) groups is 3. The van der Waals surface area contributed by atoms with Gasteiger partial charge < -0.3 is 19.1 Å². The Bertz CT molecular complexity index is 1900. The van der Waals surface area contributed by atoms with Crippen LogP contribution < -0.4 is 20.5 Å². The van der Waals surface area contributed by atoms with Crippen molar-refractivity contribution in [2.75, 3.05) is 25.1 Å². The smallest absolute Gasteiger partial charge is 0.269 e. The minimum Gasteiger partial charge on any atom is -0.496 e. The molecule has 0 bridgehead atoms. The molecule has 2 aromatic carbocycles. The van der Waals surface area contributed by atoms with Crippen molar-refractivity contribution in [3.63, 3.8) is 0 Å². The van der Waals surface area contributed by atoms with E-state index < -0.39 is 11.9 Å². The molecule has 0 aliphatic carbocycles. The van der Waals surface area contributed by atoms with Crippen LogP contribution in [0.1, 0.15) is 46.7 Å². The lowest BCUT2D eigenvalue weighted by Crippen LogP contribution is -2.52. The Morgan fingerprint density at radius 1 is 1.09 bits per heavy atom. The van der Waals surface area contributed by atoms with Crippen LogP contribution in [0.3, 0.4) is 0 Å². The average molecular weight is 602 g/mol. The number of rotatable bonds is 5. The Morgan fingerprint density at radius 2 is 1.93 bits per heavy atom. The van der Waals surface area contributed by atoms with Crippen molar-refractivity contribution in [1.29, 1.82) is 0 Å². The van der Waals surface area contributed by atoms with E-state index in [1.165, 1.54) is 22.6 Å². The van der Waals surface area contributed by atoms with Crippen molar-refractivity contribution in [1.82, 2.24) is 19.2 Å². The quantitative estimate of drug-likeness (QED) is 0.348. The molecule has 0 spiro atoms. The van der Waals surface area contributed by atoms with Crippen LogP contribution in [0.25, 0.3) is 21.2 Å². The molecule has 5 heterocycles. The van der Waals surface area contributed by atoms with E-state index in [0.717, 1.165) is 22.8 Å². The molecule has 4 aromatic rings. The number of piperidine rings is 1. The minimum absolute atomic E-state index is 0.143. The summed E-state index contributed by atoms with van der Waals surface area (Å²) < 4.78 is 27.8. The summed E-state index contributed by atoms with van der Waals surface area (Å²) in [6.07, 6.45) is 4.54. The second kappa shape index (κ2) is 10.3. The maximum atomic E-state index is 15.9. The summed E-state index contributed by atoms with van der Waals surface area (Å²) in [6.45, 7) is 1.53. The zero-order valence-electron chi connectivity index (χ0n) is 23.6. The Kier molecular flexibility index (Phi) is 6.53. The Hall–Kier alpha value is -4.58. The van der Waals surface area contributed by atoms with Gasteiger partial charge in [0.15, 0.2) is 0 Å². The summed E-state index contributed by atoms with van der Waals surface area (Å²) in [7, 11) is 3.19. The molecule has 7 rings (SSSR count). The third-order valence-electron chi connectivity index (χ3n) is 8.79. The number of amides is 3. The predicted molar refractivity (Wildman–Crippen MR) is 159 cm³/mol. The van der Waals surface area contributed by atoms with Crippen LogP contribution >= 0.6 is 11.5 Å². The number of hydrogen-bond acceptors (Lipinski definition) is 8. The molecule has 1 N–H and O–H groups in total. The van der Waals surface area contributed by atoms with Gasteiger partial charge in [-0.25, -0.2) is 4.39 Å². The maximum Gasteiger partial charge on any atom is 0.269 e. The van der Waals surface area contributed by atoms with Gasteiger partial charge in [-0.15, -0.1) is 0 Å². The first-order chi connectivity index (χ1) is 20.7. The lowest BCUT2D eigenvalue weighted by molar-refractivity contribution is -0.136. The number of aryl methyl sites for hydroxylation is 1. The normalized spacial score (nSPS) is 20.2. The zero-order valence-corrected chi connectivity index (χ0v) is 24.4. The van der Waals surface area contributed by atoms with Crippen molar-refractivity contribution in [2.45, 2.75) is 37.8 Å². The van der Waals surface area contributed by atoms with E-state index in [2.05, 4.69) is 14.6 Å². The summed E-state index contributed by atoms with van der Waals surface area (Å²) in [5.41, 5.74) is 3.90. The Labute approximate surface area is 249 Å². The molecule has 43 heavy (non-hydrogen) atoms. The second-order valence-electron chi connectivity index (χ2n) is 11.3. The summed E-state index contributed by atoms with van der Waals surface area (Å²) in [6, 6.07) is 8.36. The van der Waals surface area contributed by atoms with Gasteiger partial charge in [0.2, 0.25) is 11.8 Å². The number of anilines is 1. The predicted octanol–water partition coefficient (Wildman–Crippen LogP) is 3.56. The Morgan fingerprint density at radius 3 is 2.72 bits per heavy atom. The van der Waals surface area contributed by atoms with E-state index in [4.69, 9.17) is 4.74 Å². The summed E-state index contributed by atoms with van der Waals surface area (Å²) >= 11 is 1.12. The molecule has 10 nitrogen and oxygen atoms in total. The van der Waals surface area contributed by atoms with Gasteiger partial charge in [-0.05, 0) is 59.8 Å². The third kappa shape index (κ3) is 4.48. The van der Waals surface area contributed by atoms with Crippen LogP contribution in [0.4, 0.5) is 10.1 Å². The van der Waals surface area contributed by atoms with Crippen LogP contribution in [-0.2, 0) is 23.2 Å². The molecule has 3 amide bonds. The zero-order chi connectivity index (χ0) is 30.0. The molecule has 0 radical (unpaired) electrons. The number of methoxy groups -OCH3 is 1. The van der Waals surface area contributed by atoms with E-state index in [9.17, 15) is 19.2 Å². The van der Waals surface area contributed by atoms with Gasteiger partial charge in [0, 0.05) is 79.2 Å². The third-order valence-corrected chi connectivity index (χ3v) is 9.58. The fourth-order valence-corrected chi connectivity index (χ4v) is 7.33. The highest BCUT2D eigenvalue weighted by Crippen LogP contribution is 2.41. The highest BCUT2D eigenvalue weighted by Gasteiger charge is 2.39. The molecule has 3 aliphatic rings.